The number of hydrogen-bond donors (Lipinski definition) is 0. The number of nitrogens with zero attached hydrogens (tertiary/aromatic N) is 6. The van der Waals surface area contributed by atoms with E-state index in [2.05, 4.69) is 425 Å². The highest BCUT2D eigenvalue weighted by atomic mass is 15.0. The van der Waals surface area contributed by atoms with Gasteiger partial charge in [0, 0.05) is 88.1 Å². The Balaban J connectivity index is 0.000000141. The summed E-state index contributed by atoms with van der Waals surface area (Å²) in [6, 6.07) is 152. The molecule has 112 heavy (non-hydrogen) atoms. The minimum absolute atomic E-state index is 0.951. The Morgan fingerprint density at radius 2 is 0.348 bits per heavy atom. The average molecular weight is 1430 g/mol. The van der Waals surface area contributed by atoms with Crippen LogP contribution in [0.1, 0.15) is 0 Å². The van der Waals surface area contributed by atoms with Crippen LogP contribution in [-0.4, -0.2) is 28.2 Å². The van der Waals surface area contributed by atoms with E-state index < -0.39 is 0 Å². The van der Waals surface area contributed by atoms with Crippen molar-refractivity contribution in [3.05, 3.63) is 425 Å². The standard InChI is InChI=1S/2C53H35N3/c1-4-14-37(15-5-1)48-33-41(34-49(54-48)38-16-6-2-7-17-38)36-24-28-43(29-25-36)55-51-23-13-11-21-45(51)47-32-39(27-31-52(47)55)40-26-30-46-44-20-10-12-22-50(44)56(53(46)35-40)42-18-8-3-9-19-42;1-4-14-36(15-5-1)41-33-48(37-16-6-2-7-17-37)54-49(34-41)38-24-28-43(29-25-38)55-51-23-13-11-21-45(51)47-32-39(27-31-52(47)55)40-26-30-46-44-20-10-12-22-50(44)56(53(46)35-40)42-18-8-3-9-19-42/h2*1-35H. The van der Waals surface area contributed by atoms with E-state index in [1.165, 1.54) is 115 Å². The van der Waals surface area contributed by atoms with Crippen molar-refractivity contribution >= 4 is 87.2 Å². The zero-order valence-electron chi connectivity index (χ0n) is 61.1. The van der Waals surface area contributed by atoms with Crippen molar-refractivity contribution in [2.45, 2.75) is 0 Å². The fraction of sp³-hybridized carbons (Fsp3) is 0. The van der Waals surface area contributed by atoms with E-state index >= 15 is 0 Å². The molecule has 0 spiro atoms. The third kappa shape index (κ3) is 11.6. The van der Waals surface area contributed by atoms with E-state index in [-0.39, 0.29) is 0 Å². The van der Waals surface area contributed by atoms with Gasteiger partial charge in [-0.05, 0) is 178 Å². The van der Waals surface area contributed by atoms with Crippen molar-refractivity contribution in [3.8, 4) is 112 Å². The minimum Gasteiger partial charge on any atom is -0.309 e. The second-order valence-corrected chi connectivity index (χ2v) is 28.8. The van der Waals surface area contributed by atoms with Gasteiger partial charge in [-0.1, -0.05) is 291 Å². The Hall–Kier alpha value is -15.0. The molecule has 0 aliphatic rings. The van der Waals surface area contributed by atoms with Gasteiger partial charge in [0.25, 0.3) is 0 Å². The first kappa shape index (κ1) is 65.3. The van der Waals surface area contributed by atoms with Crippen LogP contribution in [0.5, 0.6) is 0 Å². The summed E-state index contributed by atoms with van der Waals surface area (Å²) in [5, 5.41) is 9.98. The summed E-state index contributed by atoms with van der Waals surface area (Å²) in [6.45, 7) is 0. The molecular weight excluding hydrogens is 1360 g/mol. The Morgan fingerprint density at radius 1 is 0.125 bits per heavy atom. The number of pyridine rings is 2. The molecule has 0 fully saturated rings. The monoisotopic (exact) mass is 1430 g/mol. The first-order valence-corrected chi connectivity index (χ1v) is 38.3. The van der Waals surface area contributed by atoms with Gasteiger partial charge < -0.3 is 18.3 Å². The highest BCUT2D eigenvalue weighted by Gasteiger charge is 2.21. The molecule has 0 amide bonds. The molecular formula is C106H70N6. The molecule has 0 saturated heterocycles. The lowest BCUT2D eigenvalue weighted by molar-refractivity contribution is 1.18. The molecule has 6 heteroatoms. The maximum absolute atomic E-state index is 5.18. The summed E-state index contributed by atoms with van der Waals surface area (Å²) < 4.78 is 9.56. The van der Waals surface area contributed by atoms with Gasteiger partial charge >= 0.3 is 0 Å². The SMILES string of the molecule is c1ccc(-c2cc(-c3ccc(-n4c5ccccc5c5cc(-c6ccc7c8ccccc8n(-c8ccccc8)c7c6)ccc54)cc3)cc(-c3ccccc3)n2)cc1.c1ccc(-c2cc(-c3ccccc3)nc(-c3ccc(-n4c5ccccc5c5cc(-c6ccc7c8ccccc8n(-c8ccccc8)c7c6)ccc54)cc3)c2)cc1. The normalized spacial score (nSPS) is 11.6. The second-order valence-electron chi connectivity index (χ2n) is 28.8. The van der Waals surface area contributed by atoms with Crippen LogP contribution in [0.4, 0.5) is 0 Å². The number of para-hydroxylation sites is 6. The predicted octanol–water partition coefficient (Wildman–Crippen LogP) is 27.9. The minimum atomic E-state index is 0.951. The Bertz CT molecular complexity index is 6750. The van der Waals surface area contributed by atoms with Crippen LogP contribution in [0.15, 0.2) is 425 Å². The molecule has 0 atom stereocenters. The van der Waals surface area contributed by atoms with Crippen LogP contribution in [0.3, 0.4) is 0 Å². The summed E-state index contributed by atoms with van der Waals surface area (Å²) >= 11 is 0. The van der Waals surface area contributed by atoms with Crippen LogP contribution in [0.25, 0.3) is 200 Å². The maximum atomic E-state index is 5.18. The van der Waals surface area contributed by atoms with Gasteiger partial charge in [0.2, 0.25) is 0 Å². The van der Waals surface area contributed by atoms with Gasteiger partial charge in [-0.15, -0.1) is 0 Å². The van der Waals surface area contributed by atoms with Crippen molar-refractivity contribution in [3.63, 3.8) is 0 Å². The van der Waals surface area contributed by atoms with Crippen LogP contribution >= 0.6 is 0 Å². The summed E-state index contributed by atoms with van der Waals surface area (Å²) in [6.07, 6.45) is 0. The van der Waals surface area contributed by atoms with Gasteiger partial charge in [0.15, 0.2) is 0 Å². The molecule has 16 aromatic carbocycles. The van der Waals surface area contributed by atoms with E-state index in [0.717, 1.165) is 84.5 Å². The fourth-order valence-electron chi connectivity index (χ4n) is 16.9. The van der Waals surface area contributed by atoms with Gasteiger partial charge in [-0.2, -0.15) is 0 Å². The first-order chi connectivity index (χ1) is 55.5. The number of benzene rings is 16. The molecule has 0 radical (unpaired) electrons. The number of fused-ring (bicyclic) bond motifs is 12. The summed E-state index contributed by atoms with van der Waals surface area (Å²) in [5.41, 5.74) is 31.8. The topological polar surface area (TPSA) is 45.5 Å². The summed E-state index contributed by atoms with van der Waals surface area (Å²) in [5.74, 6) is 0. The number of hydrogen-bond acceptors (Lipinski definition) is 2. The lowest BCUT2D eigenvalue weighted by Gasteiger charge is -2.12. The maximum Gasteiger partial charge on any atom is 0.0715 e. The lowest BCUT2D eigenvalue weighted by Crippen LogP contribution is -1.95. The van der Waals surface area contributed by atoms with Crippen molar-refractivity contribution in [2.75, 3.05) is 0 Å². The quantitative estimate of drug-likeness (QED) is 0.122. The highest BCUT2D eigenvalue weighted by Crippen LogP contribution is 2.43. The molecule has 0 unspecified atom stereocenters. The molecule has 22 rings (SSSR count). The zero-order valence-corrected chi connectivity index (χ0v) is 61.1. The van der Waals surface area contributed by atoms with Crippen LogP contribution in [-0.2, 0) is 0 Å². The van der Waals surface area contributed by atoms with Crippen molar-refractivity contribution in [2.24, 2.45) is 0 Å². The first-order valence-electron chi connectivity index (χ1n) is 38.3. The lowest BCUT2D eigenvalue weighted by atomic mass is 9.99. The summed E-state index contributed by atoms with van der Waals surface area (Å²) in [4.78, 5) is 10.3. The second kappa shape index (κ2) is 27.7. The van der Waals surface area contributed by atoms with Gasteiger partial charge in [-0.25, -0.2) is 9.97 Å². The molecule has 0 N–H and O–H groups in total. The van der Waals surface area contributed by atoms with Crippen molar-refractivity contribution < 1.29 is 0 Å². The molecule has 524 valence electrons. The molecule has 0 aliphatic heterocycles. The fourth-order valence-corrected chi connectivity index (χ4v) is 16.9. The Kier molecular flexibility index (Phi) is 16.1. The van der Waals surface area contributed by atoms with Crippen molar-refractivity contribution in [1.82, 2.24) is 28.2 Å². The Morgan fingerprint density at radius 3 is 0.705 bits per heavy atom. The molecule has 6 aromatic heterocycles. The van der Waals surface area contributed by atoms with Crippen LogP contribution in [0, 0.1) is 0 Å². The third-order valence-corrected chi connectivity index (χ3v) is 22.2. The van der Waals surface area contributed by atoms with Crippen LogP contribution in [0.2, 0.25) is 0 Å². The average Bonchev–Trinajstić information content (AvgIpc) is 1.66. The van der Waals surface area contributed by atoms with E-state index in [9.17, 15) is 0 Å². The Labute approximate surface area is 648 Å². The smallest absolute Gasteiger partial charge is 0.0715 e. The van der Waals surface area contributed by atoms with Gasteiger partial charge in [0.1, 0.15) is 0 Å². The van der Waals surface area contributed by atoms with Crippen molar-refractivity contribution in [1.29, 1.82) is 0 Å². The molecule has 0 saturated carbocycles. The molecule has 6 heterocycles. The predicted molar refractivity (Wildman–Crippen MR) is 469 cm³/mol. The van der Waals surface area contributed by atoms with E-state index in [1.807, 2.05) is 18.2 Å². The van der Waals surface area contributed by atoms with Gasteiger partial charge in [-0.3, -0.25) is 0 Å². The molecule has 0 aliphatic carbocycles. The highest BCUT2D eigenvalue weighted by molar-refractivity contribution is 6.15. The summed E-state index contributed by atoms with van der Waals surface area (Å²) in [7, 11) is 0. The van der Waals surface area contributed by atoms with E-state index in [0.29, 0.717) is 0 Å². The third-order valence-electron chi connectivity index (χ3n) is 22.2. The zero-order chi connectivity index (χ0) is 74.0. The molecule has 22 aromatic rings. The van der Waals surface area contributed by atoms with Crippen LogP contribution < -0.4 is 0 Å². The number of rotatable bonds is 12. The largest absolute Gasteiger partial charge is 0.309 e. The molecule has 6 nitrogen and oxygen atoms in total. The van der Waals surface area contributed by atoms with E-state index in [1.54, 1.807) is 0 Å². The molecule has 0 bridgehead atoms. The number of aromatic nitrogens is 6. The van der Waals surface area contributed by atoms with Gasteiger partial charge in [0.05, 0.1) is 66.9 Å². The van der Waals surface area contributed by atoms with E-state index in [4.69, 9.17) is 9.97 Å².